The largest absolute Gasteiger partial charge is 0.480 e. The van der Waals surface area contributed by atoms with Crippen molar-refractivity contribution in [3.05, 3.63) is 28.7 Å². The molecule has 114 valence electrons. The first-order valence-corrected chi connectivity index (χ1v) is 7.34. The molecule has 0 bridgehead atoms. The molecule has 1 amide bonds. The second-order valence-electron chi connectivity index (χ2n) is 4.23. The molecule has 1 atom stereocenters. The molecular weight excluding hydrogens is 344 g/mol. The lowest BCUT2D eigenvalue weighted by Gasteiger charge is -2.15. The third-order valence-electron chi connectivity index (χ3n) is 2.54. The summed E-state index contributed by atoms with van der Waals surface area (Å²) in [5, 5.41) is 6.06. The molecule has 2 N–H and O–H groups in total. The van der Waals surface area contributed by atoms with Crippen LogP contribution in [0.1, 0.15) is 20.3 Å². The van der Waals surface area contributed by atoms with Crippen molar-refractivity contribution < 1.29 is 9.53 Å². The molecule has 1 unspecified atom stereocenters. The molecule has 0 aliphatic carbocycles. The van der Waals surface area contributed by atoms with Gasteiger partial charge >= 0.3 is 0 Å². The van der Waals surface area contributed by atoms with Gasteiger partial charge in [0.2, 0.25) is 0 Å². The number of carbonyl (C=O) groups excluding carboxylic acids is 1. The van der Waals surface area contributed by atoms with E-state index in [2.05, 4.69) is 33.5 Å². The van der Waals surface area contributed by atoms with Crippen molar-refractivity contribution in [2.45, 2.75) is 26.4 Å². The van der Waals surface area contributed by atoms with Crippen molar-refractivity contribution in [2.75, 3.05) is 19.6 Å². The van der Waals surface area contributed by atoms with Gasteiger partial charge in [-0.3, -0.25) is 4.79 Å². The van der Waals surface area contributed by atoms with E-state index < -0.39 is 6.10 Å². The Bertz CT molecular complexity index is 405. The van der Waals surface area contributed by atoms with Gasteiger partial charge in [0.05, 0.1) is 4.47 Å². The van der Waals surface area contributed by atoms with E-state index >= 15 is 0 Å². The average Bonchev–Trinajstić information content (AvgIpc) is 2.41. The Balaban J connectivity index is 0.00000361. The van der Waals surface area contributed by atoms with E-state index in [1.54, 1.807) is 6.92 Å². The number of halogens is 2. The monoisotopic (exact) mass is 364 g/mol. The highest BCUT2D eigenvalue weighted by Gasteiger charge is 2.14. The molecule has 6 heteroatoms. The fraction of sp³-hybridized carbons (Fsp3) is 0.500. The van der Waals surface area contributed by atoms with Crippen LogP contribution in [-0.2, 0) is 4.79 Å². The maximum absolute atomic E-state index is 11.8. The molecule has 4 nitrogen and oxygen atoms in total. The van der Waals surface area contributed by atoms with Crippen molar-refractivity contribution in [1.29, 1.82) is 0 Å². The molecular formula is C14H22BrClN2O2. The molecule has 0 spiro atoms. The highest BCUT2D eigenvalue weighted by atomic mass is 79.9. The van der Waals surface area contributed by atoms with E-state index in [9.17, 15) is 4.79 Å². The van der Waals surface area contributed by atoms with E-state index in [0.717, 1.165) is 24.0 Å². The maximum Gasteiger partial charge on any atom is 0.260 e. The number of rotatable bonds is 8. The SMILES string of the molecule is CCCNCCNC(=O)C(C)Oc1ccccc1Br.Cl. The number of ether oxygens (including phenoxy) is 1. The summed E-state index contributed by atoms with van der Waals surface area (Å²) in [6, 6.07) is 7.49. The first-order valence-electron chi connectivity index (χ1n) is 6.54. The fourth-order valence-corrected chi connectivity index (χ4v) is 1.88. The Kier molecular flexibility index (Phi) is 10.5. The van der Waals surface area contributed by atoms with Gasteiger partial charge < -0.3 is 15.4 Å². The van der Waals surface area contributed by atoms with Gasteiger partial charge in [0.25, 0.3) is 5.91 Å². The lowest BCUT2D eigenvalue weighted by Crippen LogP contribution is -2.39. The topological polar surface area (TPSA) is 50.4 Å². The van der Waals surface area contributed by atoms with E-state index in [4.69, 9.17) is 4.74 Å². The minimum atomic E-state index is -0.509. The first kappa shape index (κ1) is 19.2. The minimum Gasteiger partial charge on any atom is -0.480 e. The summed E-state index contributed by atoms with van der Waals surface area (Å²) in [4.78, 5) is 11.8. The highest BCUT2D eigenvalue weighted by molar-refractivity contribution is 9.10. The Morgan fingerprint density at radius 1 is 1.30 bits per heavy atom. The third kappa shape index (κ3) is 7.12. The van der Waals surface area contributed by atoms with Crippen molar-refractivity contribution in [3.63, 3.8) is 0 Å². The molecule has 0 aliphatic rings. The van der Waals surface area contributed by atoms with Crippen LogP contribution in [0.4, 0.5) is 0 Å². The van der Waals surface area contributed by atoms with Crippen LogP contribution in [0.15, 0.2) is 28.7 Å². The maximum atomic E-state index is 11.8. The number of hydrogen-bond donors (Lipinski definition) is 2. The van der Waals surface area contributed by atoms with E-state index in [1.165, 1.54) is 0 Å². The predicted molar refractivity (Wildman–Crippen MR) is 87.7 cm³/mol. The van der Waals surface area contributed by atoms with E-state index in [0.29, 0.717) is 12.3 Å². The van der Waals surface area contributed by atoms with Gasteiger partial charge in [0.1, 0.15) is 5.75 Å². The predicted octanol–water partition coefficient (Wildman–Crippen LogP) is 2.75. The second-order valence-corrected chi connectivity index (χ2v) is 5.09. The zero-order chi connectivity index (χ0) is 14.1. The first-order chi connectivity index (χ1) is 9.15. The van der Waals surface area contributed by atoms with Gasteiger partial charge in [0.15, 0.2) is 6.10 Å². The lowest BCUT2D eigenvalue weighted by atomic mass is 10.3. The Hall–Kier alpha value is -0.780. The van der Waals surface area contributed by atoms with Crippen molar-refractivity contribution in [2.24, 2.45) is 0 Å². The molecule has 0 saturated carbocycles. The lowest BCUT2D eigenvalue weighted by molar-refractivity contribution is -0.127. The van der Waals surface area contributed by atoms with Crippen LogP contribution in [0, 0.1) is 0 Å². The number of amides is 1. The van der Waals surface area contributed by atoms with Gasteiger partial charge in [-0.15, -0.1) is 12.4 Å². The highest BCUT2D eigenvalue weighted by Crippen LogP contribution is 2.24. The van der Waals surface area contributed by atoms with Crippen LogP contribution in [0.2, 0.25) is 0 Å². The molecule has 1 aromatic rings. The van der Waals surface area contributed by atoms with Crippen LogP contribution < -0.4 is 15.4 Å². The number of para-hydroxylation sites is 1. The number of hydrogen-bond acceptors (Lipinski definition) is 3. The summed E-state index contributed by atoms with van der Waals surface area (Å²) in [7, 11) is 0. The van der Waals surface area contributed by atoms with Crippen LogP contribution in [0.5, 0.6) is 5.75 Å². The molecule has 0 saturated heterocycles. The summed E-state index contributed by atoms with van der Waals surface area (Å²) < 4.78 is 6.45. The summed E-state index contributed by atoms with van der Waals surface area (Å²) in [6.07, 6.45) is 0.583. The number of nitrogens with one attached hydrogen (secondary N) is 2. The third-order valence-corrected chi connectivity index (χ3v) is 3.19. The van der Waals surface area contributed by atoms with Crippen LogP contribution in [0.25, 0.3) is 0 Å². The Morgan fingerprint density at radius 3 is 2.65 bits per heavy atom. The van der Waals surface area contributed by atoms with Crippen molar-refractivity contribution in [3.8, 4) is 5.75 Å². The molecule has 0 aliphatic heterocycles. The van der Waals surface area contributed by atoms with Crippen LogP contribution in [-0.4, -0.2) is 31.6 Å². The molecule has 0 aromatic heterocycles. The van der Waals surface area contributed by atoms with Crippen LogP contribution in [0.3, 0.4) is 0 Å². The standard InChI is InChI=1S/C14H21BrN2O2.ClH/c1-3-8-16-9-10-17-14(18)11(2)19-13-7-5-4-6-12(13)15;/h4-7,11,16H,3,8-10H2,1-2H3,(H,17,18);1H. The van der Waals surface area contributed by atoms with Gasteiger partial charge in [-0.1, -0.05) is 19.1 Å². The number of benzene rings is 1. The molecule has 0 heterocycles. The summed E-state index contributed by atoms with van der Waals surface area (Å²) in [6.45, 7) is 6.22. The Morgan fingerprint density at radius 2 is 2.00 bits per heavy atom. The van der Waals surface area contributed by atoms with Gasteiger partial charge in [-0.25, -0.2) is 0 Å². The zero-order valence-corrected chi connectivity index (χ0v) is 14.2. The molecule has 0 radical (unpaired) electrons. The van der Waals surface area contributed by atoms with Gasteiger partial charge in [-0.05, 0) is 48.0 Å². The van der Waals surface area contributed by atoms with E-state index in [1.807, 2.05) is 24.3 Å². The second kappa shape index (κ2) is 10.9. The molecule has 20 heavy (non-hydrogen) atoms. The number of carbonyl (C=O) groups is 1. The fourth-order valence-electron chi connectivity index (χ4n) is 1.50. The van der Waals surface area contributed by atoms with Gasteiger partial charge in [-0.2, -0.15) is 0 Å². The molecule has 1 rings (SSSR count). The van der Waals surface area contributed by atoms with Crippen molar-refractivity contribution >= 4 is 34.2 Å². The van der Waals surface area contributed by atoms with Crippen LogP contribution >= 0.6 is 28.3 Å². The average molecular weight is 366 g/mol. The zero-order valence-electron chi connectivity index (χ0n) is 11.8. The summed E-state index contributed by atoms with van der Waals surface area (Å²) >= 11 is 3.39. The molecule has 0 fully saturated rings. The quantitative estimate of drug-likeness (QED) is 0.697. The minimum absolute atomic E-state index is 0. The van der Waals surface area contributed by atoms with Crippen molar-refractivity contribution in [1.82, 2.24) is 10.6 Å². The van der Waals surface area contributed by atoms with Gasteiger partial charge in [0, 0.05) is 13.1 Å². The smallest absolute Gasteiger partial charge is 0.260 e. The van der Waals surface area contributed by atoms with E-state index in [-0.39, 0.29) is 18.3 Å². The summed E-state index contributed by atoms with van der Waals surface area (Å²) in [5.74, 6) is 0.573. The normalized spacial score (nSPS) is 11.3. The Labute approximate surface area is 135 Å². The summed E-state index contributed by atoms with van der Waals surface area (Å²) in [5.41, 5.74) is 0. The molecule has 1 aromatic carbocycles.